The molecule has 0 rings (SSSR count). The van der Waals surface area contributed by atoms with Crippen molar-refractivity contribution in [2.75, 3.05) is 34.7 Å². The molecule has 13 heavy (non-hydrogen) atoms. The summed E-state index contributed by atoms with van der Waals surface area (Å²) < 4.78 is 4.78. The van der Waals surface area contributed by atoms with Crippen molar-refractivity contribution in [1.29, 1.82) is 0 Å². The van der Waals surface area contributed by atoms with Gasteiger partial charge in [0.15, 0.2) is 0 Å². The highest BCUT2D eigenvalue weighted by molar-refractivity contribution is 6.71. The van der Waals surface area contributed by atoms with E-state index in [-0.39, 0.29) is 0 Å². The Labute approximate surface area is 84.3 Å². The van der Waals surface area contributed by atoms with E-state index in [0.717, 1.165) is 6.54 Å². The van der Waals surface area contributed by atoms with Crippen LogP contribution >= 0.6 is 0 Å². The summed E-state index contributed by atoms with van der Waals surface area (Å²) in [5, 5.41) is 0. The van der Waals surface area contributed by atoms with E-state index in [1.54, 1.807) is 0 Å². The molecule has 0 heterocycles. The monoisotopic (exact) mass is 203 g/mol. The van der Waals surface area contributed by atoms with E-state index in [9.17, 15) is 0 Å². The minimum absolute atomic E-state index is 1.06. The van der Waals surface area contributed by atoms with E-state index in [0.29, 0.717) is 0 Å². The van der Waals surface area contributed by atoms with Crippen molar-refractivity contribution in [3.05, 3.63) is 0 Å². The van der Waals surface area contributed by atoms with Gasteiger partial charge in [-0.05, 0) is 40.8 Å². The van der Waals surface area contributed by atoms with Gasteiger partial charge in [-0.1, -0.05) is 20.3 Å². The highest BCUT2D eigenvalue weighted by Gasteiger charge is 2.37. The summed E-state index contributed by atoms with van der Waals surface area (Å²) in [5.41, 5.74) is 0. The average molecular weight is 203 g/mol. The van der Waals surface area contributed by atoms with Gasteiger partial charge in [0.05, 0.1) is 0 Å². The molecule has 4 heteroatoms. The molecule has 0 amide bonds. The third-order valence-electron chi connectivity index (χ3n) is 2.54. The second-order valence-electron chi connectivity index (χ2n) is 3.89. The molecular formula is C9H25N3Si. The zero-order chi connectivity index (χ0) is 10.5. The lowest BCUT2D eigenvalue weighted by atomic mass is 10.6. The van der Waals surface area contributed by atoms with Gasteiger partial charge in [-0.2, -0.15) is 0 Å². The normalized spacial score (nSPS) is 12.9. The fourth-order valence-corrected chi connectivity index (χ4v) is 5.65. The van der Waals surface area contributed by atoms with Crippen LogP contribution in [0.4, 0.5) is 0 Å². The highest BCUT2D eigenvalue weighted by atomic mass is 28.4. The summed E-state index contributed by atoms with van der Waals surface area (Å²) in [6, 6.07) is 1.28. The molecule has 0 fully saturated rings. The minimum atomic E-state index is -1.53. The van der Waals surface area contributed by atoms with Crippen molar-refractivity contribution in [2.45, 2.75) is 26.3 Å². The smallest absolute Gasteiger partial charge is 0.285 e. The molecule has 0 aliphatic rings. The Kier molecular flexibility index (Phi) is 5.79. The van der Waals surface area contributed by atoms with Crippen LogP contribution in [-0.4, -0.2) is 52.4 Å². The maximum atomic E-state index is 3.69. The Morgan fingerprint density at radius 3 is 1.69 bits per heavy atom. The predicted molar refractivity (Wildman–Crippen MR) is 61.9 cm³/mol. The van der Waals surface area contributed by atoms with Gasteiger partial charge in [-0.15, -0.1) is 0 Å². The van der Waals surface area contributed by atoms with Crippen LogP contribution in [0.5, 0.6) is 0 Å². The van der Waals surface area contributed by atoms with Crippen molar-refractivity contribution in [3.8, 4) is 0 Å². The van der Waals surface area contributed by atoms with Crippen LogP contribution in [0.1, 0.15) is 20.3 Å². The van der Waals surface area contributed by atoms with Gasteiger partial charge in [0.2, 0.25) is 0 Å². The summed E-state index contributed by atoms with van der Waals surface area (Å²) >= 11 is 0. The lowest BCUT2D eigenvalue weighted by Crippen LogP contribution is -2.70. The molecule has 1 N–H and O–H groups in total. The van der Waals surface area contributed by atoms with Gasteiger partial charge >= 0.3 is 0 Å². The number of nitrogens with one attached hydrogen (secondary N) is 1. The van der Waals surface area contributed by atoms with Gasteiger partial charge in [0.1, 0.15) is 0 Å². The molecule has 0 aromatic heterocycles. The molecule has 80 valence electrons. The van der Waals surface area contributed by atoms with E-state index in [4.69, 9.17) is 0 Å². The predicted octanol–water partition coefficient (Wildman–Crippen LogP) is 1.07. The van der Waals surface area contributed by atoms with Crippen molar-refractivity contribution < 1.29 is 0 Å². The van der Waals surface area contributed by atoms with Crippen LogP contribution in [0.3, 0.4) is 0 Å². The maximum Gasteiger partial charge on any atom is 0.285 e. The second-order valence-corrected chi connectivity index (χ2v) is 8.16. The first-order chi connectivity index (χ1) is 6.01. The molecule has 0 unspecified atom stereocenters. The lowest BCUT2D eigenvalue weighted by Gasteiger charge is -2.42. The van der Waals surface area contributed by atoms with Crippen LogP contribution in [0, 0.1) is 0 Å². The number of rotatable bonds is 6. The Bertz CT molecular complexity index is 121. The standard InChI is InChI=1S/C9H25N3Si/c1-7-9-13(10-8-2,11(3)4)12(5)6/h10H,7-9H2,1-6H3. The van der Waals surface area contributed by atoms with Crippen molar-refractivity contribution in [1.82, 2.24) is 14.1 Å². The van der Waals surface area contributed by atoms with E-state index >= 15 is 0 Å². The minimum Gasteiger partial charge on any atom is -0.313 e. The first-order valence-electron chi connectivity index (χ1n) is 5.11. The molecule has 0 saturated carbocycles. The van der Waals surface area contributed by atoms with Crippen LogP contribution in [0.15, 0.2) is 0 Å². The molecule has 3 nitrogen and oxygen atoms in total. The Morgan fingerprint density at radius 1 is 1.00 bits per heavy atom. The zero-order valence-corrected chi connectivity index (χ0v) is 11.0. The van der Waals surface area contributed by atoms with Gasteiger partial charge in [-0.3, -0.25) is 0 Å². The van der Waals surface area contributed by atoms with Gasteiger partial charge in [0.25, 0.3) is 8.56 Å². The Morgan fingerprint density at radius 2 is 1.46 bits per heavy atom. The highest BCUT2D eigenvalue weighted by Crippen LogP contribution is 2.13. The fraction of sp³-hybridized carbons (Fsp3) is 1.00. The first kappa shape index (κ1) is 13.1. The Balaban J connectivity index is 4.59. The molecule has 0 saturated heterocycles. The molecule has 0 radical (unpaired) electrons. The molecule has 0 aromatic carbocycles. The molecule has 0 aliphatic heterocycles. The Hall–Kier alpha value is 0.0969. The quantitative estimate of drug-likeness (QED) is 0.652. The van der Waals surface area contributed by atoms with Crippen molar-refractivity contribution in [3.63, 3.8) is 0 Å². The van der Waals surface area contributed by atoms with E-state index < -0.39 is 8.56 Å². The second kappa shape index (κ2) is 5.75. The van der Waals surface area contributed by atoms with Gasteiger partial charge in [0, 0.05) is 0 Å². The largest absolute Gasteiger partial charge is 0.313 e. The van der Waals surface area contributed by atoms with E-state index in [1.807, 2.05) is 0 Å². The molecule has 0 bridgehead atoms. The summed E-state index contributed by atoms with van der Waals surface area (Å²) in [5.74, 6) is 0. The van der Waals surface area contributed by atoms with Gasteiger partial charge in [-0.25, -0.2) is 0 Å². The number of nitrogens with zero attached hydrogens (tertiary/aromatic N) is 2. The summed E-state index contributed by atoms with van der Waals surface area (Å²) in [7, 11) is 7.21. The van der Waals surface area contributed by atoms with Crippen LogP contribution in [0.25, 0.3) is 0 Å². The molecule has 0 atom stereocenters. The van der Waals surface area contributed by atoms with Crippen molar-refractivity contribution in [2.24, 2.45) is 0 Å². The van der Waals surface area contributed by atoms with Crippen LogP contribution in [0.2, 0.25) is 6.04 Å². The number of hydrogen-bond donors (Lipinski definition) is 1. The summed E-state index contributed by atoms with van der Waals surface area (Å²) in [6.45, 7) is 5.50. The summed E-state index contributed by atoms with van der Waals surface area (Å²) in [4.78, 5) is 3.69. The third-order valence-corrected chi connectivity index (χ3v) is 7.61. The van der Waals surface area contributed by atoms with Crippen LogP contribution < -0.4 is 4.98 Å². The molecule has 0 aliphatic carbocycles. The summed E-state index contributed by atoms with van der Waals surface area (Å²) in [6.07, 6.45) is 1.25. The zero-order valence-electron chi connectivity index (χ0n) is 10.0. The lowest BCUT2D eigenvalue weighted by molar-refractivity contribution is 0.450. The maximum absolute atomic E-state index is 3.69. The fourth-order valence-electron chi connectivity index (χ4n) is 1.88. The first-order valence-corrected chi connectivity index (χ1v) is 7.21. The SMILES string of the molecule is CCC[Si](NCC)(N(C)C)N(C)C. The van der Waals surface area contributed by atoms with E-state index in [1.165, 1.54) is 12.5 Å². The van der Waals surface area contributed by atoms with Gasteiger partial charge < -0.3 is 14.1 Å². The topological polar surface area (TPSA) is 18.5 Å². The van der Waals surface area contributed by atoms with Crippen LogP contribution in [-0.2, 0) is 0 Å². The van der Waals surface area contributed by atoms with Crippen molar-refractivity contribution >= 4 is 8.56 Å². The average Bonchev–Trinajstić information content (AvgIpc) is 2.03. The van der Waals surface area contributed by atoms with E-state index in [2.05, 4.69) is 56.2 Å². The number of hydrogen-bond acceptors (Lipinski definition) is 3. The third kappa shape index (κ3) is 3.05. The molecular weight excluding hydrogens is 178 g/mol. The molecule has 0 aromatic rings. The molecule has 0 spiro atoms.